The van der Waals surface area contributed by atoms with Gasteiger partial charge in [0, 0.05) is 38.7 Å². The molecule has 0 saturated carbocycles. The Labute approximate surface area is 106 Å². The minimum atomic E-state index is -0.0444. The van der Waals surface area contributed by atoms with Gasteiger partial charge < -0.3 is 14.8 Å². The average Bonchev–Trinajstić information content (AvgIpc) is 2.31. The molecule has 1 atom stereocenters. The van der Waals surface area contributed by atoms with Crippen LogP contribution in [0, 0.1) is 0 Å². The minimum Gasteiger partial charge on any atom is -0.381 e. The smallest absolute Gasteiger partial charge is 0.0878 e. The molecule has 0 radical (unpaired) electrons. The van der Waals surface area contributed by atoms with E-state index in [0.29, 0.717) is 6.04 Å². The molecule has 100 valence electrons. The molecule has 1 saturated heterocycles. The Morgan fingerprint density at radius 3 is 2.59 bits per heavy atom. The van der Waals surface area contributed by atoms with E-state index in [1.807, 2.05) is 7.05 Å². The second-order valence-corrected chi connectivity index (χ2v) is 4.95. The second-order valence-electron chi connectivity index (χ2n) is 4.95. The molecule has 17 heavy (non-hydrogen) atoms. The third-order valence-electron chi connectivity index (χ3n) is 3.61. The molecule has 0 bridgehead atoms. The quantitative estimate of drug-likeness (QED) is 0.695. The number of nitrogens with one attached hydrogen (secondary N) is 1. The van der Waals surface area contributed by atoms with E-state index in [1.54, 1.807) is 0 Å². The van der Waals surface area contributed by atoms with Gasteiger partial charge in [-0.2, -0.15) is 0 Å². The highest BCUT2D eigenvalue weighted by Gasteiger charge is 2.40. The van der Waals surface area contributed by atoms with Crippen molar-refractivity contribution < 1.29 is 9.47 Å². The van der Waals surface area contributed by atoms with E-state index in [9.17, 15) is 0 Å². The Bertz CT molecular complexity index is 229. The lowest BCUT2D eigenvalue weighted by Crippen LogP contribution is -2.54. The second kappa shape index (κ2) is 7.14. The number of ether oxygens (including phenoxy) is 2. The first-order chi connectivity index (χ1) is 8.14. The number of likely N-dealkylation sites (N-methyl/N-ethyl adjacent to an activating group) is 1. The highest BCUT2D eigenvalue weighted by Crippen LogP contribution is 2.31. The van der Waals surface area contributed by atoms with Gasteiger partial charge in [-0.25, -0.2) is 0 Å². The largest absolute Gasteiger partial charge is 0.381 e. The summed E-state index contributed by atoms with van der Waals surface area (Å²) in [7, 11) is 2.03. The average molecular weight is 241 g/mol. The molecule has 1 fully saturated rings. The Morgan fingerprint density at radius 2 is 2.12 bits per heavy atom. The van der Waals surface area contributed by atoms with Crippen LogP contribution in [0.2, 0.25) is 0 Å². The van der Waals surface area contributed by atoms with E-state index >= 15 is 0 Å². The van der Waals surface area contributed by atoms with Gasteiger partial charge in [0.1, 0.15) is 0 Å². The van der Waals surface area contributed by atoms with Crippen molar-refractivity contribution in [2.45, 2.75) is 51.2 Å². The van der Waals surface area contributed by atoms with Crippen LogP contribution in [-0.2, 0) is 9.47 Å². The lowest BCUT2D eigenvalue weighted by Gasteiger charge is -2.43. The first-order valence-corrected chi connectivity index (χ1v) is 6.68. The molecule has 3 heteroatoms. The molecule has 0 aromatic heterocycles. The fourth-order valence-corrected chi connectivity index (χ4v) is 2.66. The summed E-state index contributed by atoms with van der Waals surface area (Å²) < 4.78 is 11.5. The summed E-state index contributed by atoms with van der Waals surface area (Å²) in [6, 6.07) is 0.392. The highest BCUT2D eigenvalue weighted by molar-refractivity contribution is 4.98. The third-order valence-corrected chi connectivity index (χ3v) is 3.61. The van der Waals surface area contributed by atoms with E-state index < -0.39 is 0 Å². The maximum atomic E-state index is 6.08. The Kier molecular flexibility index (Phi) is 6.17. The van der Waals surface area contributed by atoms with Gasteiger partial charge in [-0.05, 0) is 33.7 Å². The van der Waals surface area contributed by atoms with Gasteiger partial charge in [-0.3, -0.25) is 0 Å². The topological polar surface area (TPSA) is 30.5 Å². The maximum absolute atomic E-state index is 6.08. The summed E-state index contributed by atoms with van der Waals surface area (Å²) in [5.74, 6) is 0. The van der Waals surface area contributed by atoms with E-state index in [1.165, 1.54) is 5.57 Å². The minimum absolute atomic E-state index is 0.0444. The first-order valence-electron chi connectivity index (χ1n) is 6.68. The normalized spacial score (nSPS) is 21.1. The van der Waals surface area contributed by atoms with Crippen LogP contribution in [0.3, 0.4) is 0 Å². The van der Waals surface area contributed by atoms with Crippen molar-refractivity contribution in [1.82, 2.24) is 5.32 Å². The lowest BCUT2D eigenvalue weighted by atomic mass is 9.83. The summed E-state index contributed by atoms with van der Waals surface area (Å²) in [5.41, 5.74) is 1.20. The van der Waals surface area contributed by atoms with Gasteiger partial charge in [-0.15, -0.1) is 6.58 Å². The fraction of sp³-hybridized carbons (Fsp3) is 0.857. The van der Waals surface area contributed by atoms with Crippen LogP contribution in [-0.4, -0.2) is 38.5 Å². The van der Waals surface area contributed by atoms with Crippen LogP contribution in [0.1, 0.15) is 39.5 Å². The lowest BCUT2D eigenvalue weighted by molar-refractivity contribution is -0.126. The summed E-state index contributed by atoms with van der Waals surface area (Å²) >= 11 is 0. The van der Waals surface area contributed by atoms with E-state index in [2.05, 4.69) is 25.7 Å². The summed E-state index contributed by atoms with van der Waals surface area (Å²) in [6.07, 6.45) is 4.12. The zero-order valence-corrected chi connectivity index (χ0v) is 11.6. The van der Waals surface area contributed by atoms with Crippen LogP contribution in [0.15, 0.2) is 12.2 Å². The van der Waals surface area contributed by atoms with Crippen LogP contribution < -0.4 is 5.32 Å². The molecule has 0 aromatic rings. The molecule has 3 nitrogen and oxygen atoms in total. The Hall–Kier alpha value is -0.380. The first kappa shape index (κ1) is 14.7. The molecule has 0 spiro atoms. The highest BCUT2D eigenvalue weighted by atomic mass is 16.5. The van der Waals surface area contributed by atoms with Crippen LogP contribution in [0.5, 0.6) is 0 Å². The van der Waals surface area contributed by atoms with E-state index in [4.69, 9.17) is 9.47 Å². The zero-order chi connectivity index (χ0) is 12.7. The van der Waals surface area contributed by atoms with Gasteiger partial charge in [0.25, 0.3) is 0 Å². The van der Waals surface area contributed by atoms with Crippen molar-refractivity contribution in [2.24, 2.45) is 0 Å². The summed E-state index contributed by atoms with van der Waals surface area (Å²) in [5, 5.41) is 3.43. The van der Waals surface area contributed by atoms with Crippen LogP contribution >= 0.6 is 0 Å². The number of allylic oxidation sites excluding steroid dienone is 1. The van der Waals surface area contributed by atoms with E-state index in [0.717, 1.165) is 45.5 Å². The van der Waals surface area contributed by atoms with Crippen molar-refractivity contribution in [3.8, 4) is 0 Å². The predicted octanol–water partition coefficient (Wildman–Crippen LogP) is 2.52. The molecule has 1 N–H and O–H groups in total. The van der Waals surface area contributed by atoms with Gasteiger partial charge in [0.2, 0.25) is 0 Å². The van der Waals surface area contributed by atoms with Crippen molar-refractivity contribution in [2.75, 3.05) is 26.9 Å². The number of hydrogen-bond donors (Lipinski definition) is 1. The molecule has 1 heterocycles. The van der Waals surface area contributed by atoms with Gasteiger partial charge in [0.15, 0.2) is 0 Å². The van der Waals surface area contributed by atoms with Crippen molar-refractivity contribution in [1.29, 1.82) is 0 Å². The molecular weight excluding hydrogens is 214 g/mol. The van der Waals surface area contributed by atoms with Gasteiger partial charge >= 0.3 is 0 Å². The molecule has 1 aliphatic rings. The molecular formula is C14H27NO2. The van der Waals surface area contributed by atoms with Crippen molar-refractivity contribution >= 4 is 0 Å². The van der Waals surface area contributed by atoms with Crippen molar-refractivity contribution in [3.05, 3.63) is 12.2 Å². The SMILES string of the molecule is C=C(C)CCC(NC)C1(OCC)CCOCC1. The van der Waals surface area contributed by atoms with Gasteiger partial charge in [0.05, 0.1) is 5.60 Å². The maximum Gasteiger partial charge on any atom is 0.0878 e. The Morgan fingerprint density at radius 1 is 1.47 bits per heavy atom. The zero-order valence-electron chi connectivity index (χ0n) is 11.6. The molecule has 0 aromatic carbocycles. The standard InChI is InChI=1S/C14H27NO2/c1-5-17-14(8-10-16-11-9-14)13(15-4)7-6-12(2)3/h13,15H,2,5-11H2,1,3-4H3. The number of rotatable bonds is 7. The fourth-order valence-electron chi connectivity index (χ4n) is 2.66. The third kappa shape index (κ3) is 4.09. The van der Waals surface area contributed by atoms with Crippen LogP contribution in [0.4, 0.5) is 0 Å². The molecule has 1 unspecified atom stereocenters. The molecule has 0 amide bonds. The molecule has 1 rings (SSSR count). The predicted molar refractivity (Wildman–Crippen MR) is 71.3 cm³/mol. The summed E-state index contributed by atoms with van der Waals surface area (Å²) in [4.78, 5) is 0. The summed E-state index contributed by atoms with van der Waals surface area (Å²) in [6.45, 7) is 10.5. The van der Waals surface area contributed by atoms with Crippen molar-refractivity contribution in [3.63, 3.8) is 0 Å². The molecule has 1 aliphatic heterocycles. The monoisotopic (exact) mass is 241 g/mol. The molecule has 0 aliphatic carbocycles. The van der Waals surface area contributed by atoms with Crippen LogP contribution in [0.25, 0.3) is 0 Å². The van der Waals surface area contributed by atoms with E-state index in [-0.39, 0.29) is 5.60 Å². The Balaban J connectivity index is 2.67. The van der Waals surface area contributed by atoms with Gasteiger partial charge in [-0.1, -0.05) is 5.57 Å². The number of hydrogen-bond acceptors (Lipinski definition) is 3.